The lowest BCUT2D eigenvalue weighted by molar-refractivity contribution is -0.111. The predicted molar refractivity (Wildman–Crippen MR) is 72.2 cm³/mol. The molecule has 0 heterocycles. The minimum absolute atomic E-state index is 0.151. The highest BCUT2D eigenvalue weighted by atomic mass is 28.4. The summed E-state index contributed by atoms with van der Waals surface area (Å²) in [5, 5.41) is 0.267. The Morgan fingerprint density at radius 1 is 1.25 bits per heavy atom. The van der Waals surface area contributed by atoms with Crippen LogP contribution in [0.3, 0.4) is 0 Å². The molecule has 0 fully saturated rings. The number of hydrogen-bond acceptors (Lipinski definition) is 2. The summed E-state index contributed by atoms with van der Waals surface area (Å²) in [6.45, 7) is 16.2. The Hall–Kier alpha value is -0.153. The van der Waals surface area contributed by atoms with Crippen LogP contribution in [0.25, 0.3) is 0 Å². The number of carbonyl (C=O) groups excluding carboxylic acids is 1. The molecule has 0 spiro atoms. The standard InChI is InChI=1S/C13H28O2Si/c1-11(9-14)8-12(2)10-15-16(6,7)13(3,4)5/h9,11-12H,8,10H2,1-7H3/t11-,12-/m1/s1. The second-order valence-corrected chi connectivity index (χ2v) is 11.3. The maximum atomic E-state index is 10.6. The van der Waals surface area contributed by atoms with Crippen molar-refractivity contribution in [1.29, 1.82) is 0 Å². The Balaban J connectivity index is 4.10. The number of rotatable bonds is 6. The van der Waals surface area contributed by atoms with E-state index in [-0.39, 0.29) is 11.0 Å². The van der Waals surface area contributed by atoms with Crippen LogP contribution < -0.4 is 0 Å². The molecule has 0 aliphatic rings. The minimum Gasteiger partial charge on any atom is -0.417 e. The van der Waals surface area contributed by atoms with E-state index in [4.69, 9.17) is 4.43 Å². The lowest BCUT2D eigenvalue weighted by atomic mass is 10.00. The molecule has 0 aliphatic carbocycles. The normalized spacial score (nSPS) is 16.9. The largest absolute Gasteiger partial charge is 0.417 e. The topological polar surface area (TPSA) is 26.3 Å². The summed E-state index contributed by atoms with van der Waals surface area (Å²) in [7, 11) is -1.62. The molecule has 0 radical (unpaired) electrons. The second-order valence-electron chi connectivity index (χ2n) is 6.53. The van der Waals surface area contributed by atoms with Crippen LogP contribution in [-0.2, 0) is 9.22 Å². The fraction of sp³-hybridized carbons (Fsp3) is 0.923. The Morgan fingerprint density at radius 3 is 2.12 bits per heavy atom. The molecule has 0 aromatic heterocycles. The Bertz CT molecular complexity index is 218. The monoisotopic (exact) mass is 244 g/mol. The zero-order valence-electron chi connectivity index (χ0n) is 12.0. The van der Waals surface area contributed by atoms with Crippen LogP contribution in [0.4, 0.5) is 0 Å². The lowest BCUT2D eigenvalue weighted by Gasteiger charge is -2.37. The molecule has 0 saturated carbocycles. The van der Waals surface area contributed by atoms with Crippen molar-refractivity contribution in [2.24, 2.45) is 11.8 Å². The van der Waals surface area contributed by atoms with Gasteiger partial charge in [0.2, 0.25) is 0 Å². The van der Waals surface area contributed by atoms with Gasteiger partial charge in [-0.1, -0.05) is 34.6 Å². The van der Waals surface area contributed by atoms with Crippen LogP contribution in [0.5, 0.6) is 0 Å². The van der Waals surface area contributed by atoms with Crippen molar-refractivity contribution < 1.29 is 9.22 Å². The molecular formula is C13H28O2Si. The summed E-state index contributed by atoms with van der Waals surface area (Å²) in [5.74, 6) is 0.618. The third kappa shape index (κ3) is 5.26. The van der Waals surface area contributed by atoms with Crippen LogP contribution in [0.15, 0.2) is 0 Å². The molecule has 0 aliphatic heterocycles. The van der Waals surface area contributed by atoms with Gasteiger partial charge in [-0.25, -0.2) is 0 Å². The van der Waals surface area contributed by atoms with Gasteiger partial charge >= 0.3 is 0 Å². The molecule has 2 nitrogen and oxygen atoms in total. The van der Waals surface area contributed by atoms with Gasteiger partial charge in [-0.2, -0.15) is 0 Å². The predicted octanol–water partition coefficient (Wildman–Crippen LogP) is 3.87. The third-order valence-corrected chi connectivity index (χ3v) is 8.04. The molecule has 3 heteroatoms. The molecule has 0 saturated heterocycles. The van der Waals surface area contributed by atoms with Gasteiger partial charge in [0.15, 0.2) is 8.32 Å². The minimum atomic E-state index is -1.62. The van der Waals surface area contributed by atoms with E-state index in [1.54, 1.807) is 0 Å². The van der Waals surface area contributed by atoms with Gasteiger partial charge in [-0.3, -0.25) is 0 Å². The van der Waals surface area contributed by atoms with Crippen molar-refractivity contribution in [3.05, 3.63) is 0 Å². The molecule has 0 N–H and O–H groups in total. The van der Waals surface area contributed by atoms with Crippen molar-refractivity contribution in [3.8, 4) is 0 Å². The highest BCUT2D eigenvalue weighted by Gasteiger charge is 2.37. The van der Waals surface area contributed by atoms with Crippen molar-refractivity contribution in [2.45, 2.75) is 59.2 Å². The summed E-state index contributed by atoms with van der Waals surface area (Å²) < 4.78 is 6.12. The van der Waals surface area contributed by atoms with Crippen molar-refractivity contribution >= 4 is 14.6 Å². The first-order chi connectivity index (χ1) is 7.10. The fourth-order valence-corrected chi connectivity index (χ4v) is 2.46. The van der Waals surface area contributed by atoms with Crippen molar-refractivity contribution in [3.63, 3.8) is 0 Å². The van der Waals surface area contributed by atoms with E-state index in [2.05, 4.69) is 40.8 Å². The van der Waals surface area contributed by atoms with Crippen LogP contribution in [-0.4, -0.2) is 21.2 Å². The smallest absolute Gasteiger partial charge is 0.191 e. The van der Waals surface area contributed by atoms with Gasteiger partial charge in [0, 0.05) is 12.5 Å². The van der Waals surface area contributed by atoms with Crippen molar-refractivity contribution in [2.75, 3.05) is 6.61 Å². The van der Waals surface area contributed by atoms with Gasteiger partial charge in [0.05, 0.1) is 0 Å². The van der Waals surface area contributed by atoms with Crippen LogP contribution >= 0.6 is 0 Å². The average Bonchev–Trinajstić information content (AvgIpc) is 2.13. The van der Waals surface area contributed by atoms with E-state index in [1.165, 1.54) is 0 Å². The van der Waals surface area contributed by atoms with E-state index in [0.717, 1.165) is 19.3 Å². The first-order valence-electron chi connectivity index (χ1n) is 6.19. The molecule has 0 amide bonds. The second kappa shape index (κ2) is 5.96. The third-order valence-electron chi connectivity index (χ3n) is 3.54. The van der Waals surface area contributed by atoms with Crippen LogP contribution in [0, 0.1) is 11.8 Å². The van der Waals surface area contributed by atoms with E-state index in [1.807, 2.05) is 6.92 Å². The quantitative estimate of drug-likeness (QED) is 0.524. The summed E-state index contributed by atoms with van der Waals surface area (Å²) in [6, 6.07) is 0. The molecule has 2 atom stereocenters. The molecule has 0 rings (SSSR count). The summed E-state index contributed by atoms with van der Waals surface area (Å²) >= 11 is 0. The summed E-state index contributed by atoms with van der Waals surface area (Å²) in [6.07, 6.45) is 1.96. The Morgan fingerprint density at radius 2 is 1.75 bits per heavy atom. The van der Waals surface area contributed by atoms with Gasteiger partial charge < -0.3 is 9.22 Å². The molecule has 0 bridgehead atoms. The SMILES string of the molecule is C[C@@H](CO[Si](C)(C)C(C)(C)C)C[C@@H](C)C=O. The Labute approximate surface area is 102 Å². The summed E-state index contributed by atoms with van der Waals surface area (Å²) in [4.78, 5) is 10.6. The van der Waals surface area contributed by atoms with Gasteiger partial charge in [0.1, 0.15) is 6.29 Å². The average molecular weight is 244 g/mol. The first kappa shape index (κ1) is 15.8. The van der Waals surface area contributed by atoms with E-state index < -0.39 is 8.32 Å². The molecule has 0 aromatic carbocycles. The first-order valence-corrected chi connectivity index (χ1v) is 9.10. The van der Waals surface area contributed by atoms with E-state index >= 15 is 0 Å². The zero-order valence-corrected chi connectivity index (χ0v) is 13.0. The van der Waals surface area contributed by atoms with Crippen molar-refractivity contribution in [1.82, 2.24) is 0 Å². The highest BCUT2D eigenvalue weighted by molar-refractivity contribution is 6.74. The molecule has 16 heavy (non-hydrogen) atoms. The van der Waals surface area contributed by atoms with Gasteiger partial charge in [-0.05, 0) is 30.5 Å². The fourth-order valence-electron chi connectivity index (χ4n) is 1.33. The van der Waals surface area contributed by atoms with E-state index in [9.17, 15) is 4.79 Å². The molecule has 0 unspecified atom stereocenters. The zero-order chi connectivity index (χ0) is 13.0. The van der Waals surface area contributed by atoms with E-state index in [0.29, 0.717) is 5.92 Å². The molecule has 0 aromatic rings. The summed E-state index contributed by atoms with van der Waals surface area (Å²) in [5.41, 5.74) is 0. The number of hydrogen-bond donors (Lipinski definition) is 0. The number of carbonyl (C=O) groups is 1. The van der Waals surface area contributed by atoms with Crippen LogP contribution in [0.2, 0.25) is 18.1 Å². The molecular weight excluding hydrogens is 216 g/mol. The Kier molecular flexibility index (Phi) is 5.91. The molecule has 96 valence electrons. The van der Waals surface area contributed by atoms with Gasteiger partial charge in [-0.15, -0.1) is 0 Å². The van der Waals surface area contributed by atoms with Crippen LogP contribution in [0.1, 0.15) is 41.0 Å². The maximum Gasteiger partial charge on any atom is 0.191 e. The number of aldehydes is 1. The maximum absolute atomic E-state index is 10.6. The highest BCUT2D eigenvalue weighted by Crippen LogP contribution is 2.36. The van der Waals surface area contributed by atoms with Gasteiger partial charge in [0.25, 0.3) is 0 Å². The lowest BCUT2D eigenvalue weighted by Crippen LogP contribution is -2.41.